The highest BCUT2D eigenvalue weighted by Crippen LogP contribution is 2.48. The predicted molar refractivity (Wildman–Crippen MR) is 98.4 cm³/mol. The monoisotopic (exact) mass is 336 g/mol. The summed E-state index contributed by atoms with van der Waals surface area (Å²) in [6.45, 7) is 2.76. The molecule has 1 aliphatic carbocycles. The molecule has 4 rings (SSSR count). The lowest BCUT2D eigenvalue weighted by molar-refractivity contribution is -0.123. The number of aromatic nitrogens is 1. The van der Waals surface area contributed by atoms with E-state index in [1.807, 2.05) is 36.4 Å². The van der Waals surface area contributed by atoms with E-state index in [9.17, 15) is 4.79 Å². The number of thiazole rings is 1. The van der Waals surface area contributed by atoms with Gasteiger partial charge in [0.15, 0.2) is 0 Å². The molecule has 1 fully saturated rings. The summed E-state index contributed by atoms with van der Waals surface area (Å²) in [6.07, 6.45) is 1.89. The molecule has 1 saturated carbocycles. The average Bonchev–Trinajstić information content (AvgIpc) is 3.32. The Bertz CT molecular complexity index is 834. The molecule has 0 aliphatic heterocycles. The van der Waals surface area contributed by atoms with Gasteiger partial charge >= 0.3 is 0 Å². The minimum Gasteiger partial charge on any atom is -0.355 e. The van der Waals surface area contributed by atoms with Crippen molar-refractivity contribution in [1.82, 2.24) is 10.3 Å². The Labute approximate surface area is 145 Å². The van der Waals surface area contributed by atoms with Gasteiger partial charge in [-0.3, -0.25) is 4.79 Å². The number of hydrogen-bond donors (Lipinski definition) is 1. The molecule has 122 valence electrons. The second-order valence-corrected chi connectivity index (χ2v) is 7.64. The smallest absolute Gasteiger partial charge is 0.230 e. The Kier molecular flexibility index (Phi) is 3.85. The number of nitrogens with one attached hydrogen (secondary N) is 1. The van der Waals surface area contributed by atoms with Crippen molar-refractivity contribution in [3.05, 3.63) is 65.2 Å². The number of para-hydroxylation sites is 1. The highest BCUT2D eigenvalue weighted by atomic mass is 32.1. The molecular weight excluding hydrogens is 316 g/mol. The summed E-state index contributed by atoms with van der Waals surface area (Å²) in [6, 6.07) is 18.3. The van der Waals surface area contributed by atoms with Crippen LogP contribution in [-0.4, -0.2) is 17.4 Å². The third kappa shape index (κ3) is 2.71. The van der Waals surface area contributed by atoms with E-state index >= 15 is 0 Å². The van der Waals surface area contributed by atoms with Crippen molar-refractivity contribution in [2.75, 3.05) is 6.54 Å². The molecule has 1 aliphatic rings. The quantitative estimate of drug-likeness (QED) is 0.757. The van der Waals surface area contributed by atoms with Crippen molar-refractivity contribution in [1.29, 1.82) is 0 Å². The first kappa shape index (κ1) is 15.3. The van der Waals surface area contributed by atoms with Crippen LogP contribution in [-0.2, 0) is 10.2 Å². The molecule has 3 nitrogen and oxygen atoms in total. The third-order valence-electron chi connectivity index (χ3n) is 4.81. The van der Waals surface area contributed by atoms with E-state index in [-0.39, 0.29) is 17.2 Å². The van der Waals surface area contributed by atoms with Crippen molar-refractivity contribution in [3.8, 4) is 0 Å². The standard InChI is InChI=1S/C20H20N2OS/c1-14(18-22-16-9-5-6-10-17(16)24-18)13-21-19(23)20(11-12-20)15-7-3-2-4-8-15/h2-10,14H,11-13H2,1H3,(H,21,23). The topological polar surface area (TPSA) is 42.0 Å². The Hall–Kier alpha value is -2.20. The van der Waals surface area contributed by atoms with Crippen LogP contribution in [0.1, 0.15) is 36.3 Å². The molecule has 1 unspecified atom stereocenters. The number of nitrogens with zero attached hydrogens (tertiary/aromatic N) is 1. The summed E-state index contributed by atoms with van der Waals surface area (Å²) in [5.41, 5.74) is 1.88. The lowest BCUT2D eigenvalue weighted by atomic mass is 9.95. The Morgan fingerprint density at radius 1 is 1.17 bits per heavy atom. The summed E-state index contributed by atoms with van der Waals surface area (Å²) in [5.74, 6) is 0.375. The lowest BCUT2D eigenvalue weighted by Gasteiger charge is -2.17. The van der Waals surface area contributed by atoms with Gasteiger partial charge in [-0.05, 0) is 30.5 Å². The van der Waals surface area contributed by atoms with Crippen LogP contribution >= 0.6 is 11.3 Å². The van der Waals surface area contributed by atoms with Crippen LogP contribution in [0.4, 0.5) is 0 Å². The molecular formula is C20H20N2OS. The third-order valence-corrected chi connectivity index (χ3v) is 6.08. The second kappa shape index (κ2) is 6.02. The van der Waals surface area contributed by atoms with Crippen LogP contribution < -0.4 is 5.32 Å². The number of benzene rings is 2. The number of fused-ring (bicyclic) bond motifs is 1. The fraction of sp³-hybridized carbons (Fsp3) is 0.300. The van der Waals surface area contributed by atoms with E-state index in [1.54, 1.807) is 11.3 Å². The summed E-state index contributed by atoms with van der Waals surface area (Å²) >= 11 is 1.71. The zero-order chi connectivity index (χ0) is 16.6. The van der Waals surface area contributed by atoms with Crippen LogP contribution in [0.15, 0.2) is 54.6 Å². The van der Waals surface area contributed by atoms with Crippen LogP contribution in [0.25, 0.3) is 10.2 Å². The number of hydrogen-bond acceptors (Lipinski definition) is 3. The summed E-state index contributed by atoms with van der Waals surface area (Å²) in [5, 5.41) is 4.24. The normalized spacial score (nSPS) is 16.7. The van der Waals surface area contributed by atoms with Gasteiger partial charge < -0.3 is 5.32 Å². The summed E-state index contributed by atoms with van der Waals surface area (Å²) in [4.78, 5) is 17.4. The molecule has 2 aromatic carbocycles. The zero-order valence-electron chi connectivity index (χ0n) is 13.7. The number of amides is 1. The van der Waals surface area contributed by atoms with Crippen LogP contribution in [0, 0.1) is 0 Å². The average molecular weight is 336 g/mol. The molecule has 1 N–H and O–H groups in total. The van der Waals surface area contributed by atoms with Crippen LogP contribution in [0.3, 0.4) is 0 Å². The van der Waals surface area contributed by atoms with Crippen molar-refractivity contribution < 1.29 is 4.79 Å². The number of carbonyl (C=O) groups excluding carboxylic acids is 1. The van der Waals surface area contributed by atoms with Gasteiger partial charge in [-0.25, -0.2) is 4.98 Å². The molecule has 0 bridgehead atoms. The van der Waals surface area contributed by atoms with Gasteiger partial charge in [0, 0.05) is 12.5 Å². The van der Waals surface area contributed by atoms with Crippen molar-refractivity contribution in [2.45, 2.75) is 31.1 Å². The minimum absolute atomic E-state index is 0.154. The number of rotatable bonds is 5. The number of carbonyl (C=O) groups is 1. The van der Waals surface area contributed by atoms with E-state index in [1.165, 1.54) is 4.70 Å². The predicted octanol–water partition coefficient (Wildman–Crippen LogP) is 4.25. The molecule has 1 aromatic heterocycles. The van der Waals surface area contributed by atoms with Gasteiger partial charge in [0.05, 0.1) is 20.6 Å². The first-order valence-corrected chi connectivity index (χ1v) is 9.20. The van der Waals surface area contributed by atoms with Crippen molar-refractivity contribution in [3.63, 3.8) is 0 Å². The van der Waals surface area contributed by atoms with Crippen molar-refractivity contribution >= 4 is 27.5 Å². The molecule has 1 heterocycles. The maximum atomic E-state index is 12.7. The summed E-state index contributed by atoms with van der Waals surface area (Å²) in [7, 11) is 0. The van der Waals surface area contributed by atoms with Gasteiger partial charge in [0.1, 0.15) is 0 Å². The molecule has 0 saturated heterocycles. The van der Waals surface area contributed by atoms with Crippen LogP contribution in [0.5, 0.6) is 0 Å². The minimum atomic E-state index is -0.297. The molecule has 4 heteroatoms. The fourth-order valence-corrected chi connectivity index (χ4v) is 4.15. The highest BCUT2D eigenvalue weighted by molar-refractivity contribution is 7.18. The maximum absolute atomic E-state index is 12.7. The molecule has 3 aromatic rings. The Morgan fingerprint density at radius 3 is 2.58 bits per heavy atom. The van der Waals surface area contributed by atoms with E-state index in [2.05, 4.69) is 30.4 Å². The van der Waals surface area contributed by atoms with Crippen molar-refractivity contribution in [2.24, 2.45) is 0 Å². The first-order chi connectivity index (χ1) is 11.7. The van der Waals surface area contributed by atoms with Crippen LogP contribution in [0.2, 0.25) is 0 Å². The lowest BCUT2D eigenvalue weighted by Crippen LogP contribution is -2.36. The van der Waals surface area contributed by atoms with E-state index in [4.69, 9.17) is 4.98 Å². The zero-order valence-corrected chi connectivity index (χ0v) is 14.5. The highest BCUT2D eigenvalue weighted by Gasteiger charge is 2.51. The first-order valence-electron chi connectivity index (χ1n) is 8.38. The van der Waals surface area contributed by atoms with Gasteiger partial charge in [-0.2, -0.15) is 0 Å². The van der Waals surface area contributed by atoms with E-state index < -0.39 is 0 Å². The van der Waals surface area contributed by atoms with E-state index in [0.717, 1.165) is 28.9 Å². The van der Waals surface area contributed by atoms with Gasteiger partial charge in [-0.15, -0.1) is 11.3 Å². The molecule has 0 spiro atoms. The van der Waals surface area contributed by atoms with E-state index in [0.29, 0.717) is 6.54 Å². The Morgan fingerprint density at radius 2 is 1.88 bits per heavy atom. The second-order valence-electron chi connectivity index (χ2n) is 6.58. The fourth-order valence-electron chi connectivity index (χ4n) is 3.13. The van der Waals surface area contributed by atoms with Gasteiger partial charge in [0.25, 0.3) is 0 Å². The maximum Gasteiger partial charge on any atom is 0.230 e. The van der Waals surface area contributed by atoms with Gasteiger partial charge in [0.2, 0.25) is 5.91 Å². The molecule has 1 atom stereocenters. The largest absolute Gasteiger partial charge is 0.355 e. The molecule has 1 amide bonds. The molecule has 0 radical (unpaired) electrons. The van der Waals surface area contributed by atoms with Gasteiger partial charge in [-0.1, -0.05) is 49.4 Å². The molecule has 24 heavy (non-hydrogen) atoms. The summed E-state index contributed by atoms with van der Waals surface area (Å²) < 4.78 is 1.20. The SMILES string of the molecule is CC(CNC(=O)C1(c2ccccc2)CC1)c1nc2ccccc2s1. The Balaban J connectivity index is 1.44.